The minimum Gasteiger partial charge on any atom is -0.476 e. The fourth-order valence-electron chi connectivity index (χ4n) is 2.66. The average Bonchev–Trinajstić information content (AvgIpc) is 2.36. The third-order valence-electron chi connectivity index (χ3n) is 3.71. The fraction of sp³-hybridized carbons (Fsp3) is 0.400. The highest BCUT2D eigenvalue weighted by Crippen LogP contribution is 2.30. The molecule has 0 radical (unpaired) electrons. The monoisotopic (exact) mass is 258 g/mol. The maximum atomic E-state index is 11.9. The van der Waals surface area contributed by atoms with Gasteiger partial charge in [-0.15, -0.1) is 0 Å². The third kappa shape index (κ3) is 2.49. The van der Waals surface area contributed by atoms with Gasteiger partial charge in [-0.3, -0.25) is 9.78 Å². The van der Waals surface area contributed by atoms with Crippen LogP contribution in [-0.4, -0.2) is 24.7 Å². The molecule has 0 atom stereocenters. The van der Waals surface area contributed by atoms with Gasteiger partial charge in [0, 0.05) is 11.5 Å². The van der Waals surface area contributed by atoms with Gasteiger partial charge in [0.2, 0.25) is 0 Å². The van der Waals surface area contributed by atoms with Crippen LogP contribution in [0.15, 0.2) is 35.1 Å². The van der Waals surface area contributed by atoms with Crippen molar-refractivity contribution in [2.75, 3.05) is 13.6 Å². The molecule has 2 N–H and O–H groups in total. The summed E-state index contributed by atoms with van der Waals surface area (Å²) in [5.74, 6) is 1.28. The summed E-state index contributed by atoms with van der Waals surface area (Å²) >= 11 is 0. The van der Waals surface area contributed by atoms with Crippen LogP contribution in [0.2, 0.25) is 0 Å². The minimum absolute atomic E-state index is 0.0841. The van der Waals surface area contributed by atoms with E-state index in [2.05, 4.69) is 10.3 Å². The molecule has 0 aliphatic heterocycles. The Balaban J connectivity index is 1.74. The number of rotatable bonds is 4. The Kier molecular flexibility index (Phi) is 3.25. The Hall–Kier alpha value is -1.81. The number of hydrogen-bond donors (Lipinski definition) is 2. The molecule has 1 aromatic heterocycles. The van der Waals surface area contributed by atoms with Gasteiger partial charge in [0.15, 0.2) is 5.88 Å². The summed E-state index contributed by atoms with van der Waals surface area (Å²) in [7, 11) is 1.97. The van der Waals surface area contributed by atoms with Crippen LogP contribution in [0.5, 0.6) is 5.88 Å². The summed E-state index contributed by atoms with van der Waals surface area (Å²) < 4.78 is 5.83. The van der Waals surface area contributed by atoms with Gasteiger partial charge in [0.1, 0.15) is 6.10 Å². The highest BCUT2D eigenvalue weighted by molar-refractivity contribution is 5.82. The zero-order valence-electron chi connectivity index (χ0n) is 11.0. The summed E-state index contributed by atoms with van der Waals surface area (Å²) in [5, 5.41) is 4.80. The van der Waals surface area contributed by atoms with Crippen LogP contribution >= 0.6 is 0 Å². The number of hydrogen-bond acceptors (Lipinski definition) is 3. The van der Waals surface area contributed by atoms with Gasteiger partial charge in [-0.25, -0.2) is 0 Å². The number of nitrogens with one attached hydrogen (secondary N) is 2. The lowest BCUT2D eigenvalue weighted by Crippen LogP contribution is -2.39. The van der Waals surface area contributed by atoms with E-state index in [4.69, 9.17) is 4.74 Å². The summed E-state index contributed by atoms with van der Waals surface area (Å²) in [5.41, 5.74) is -0.0841. The molecule has 0 amide bonds. The zero-order valence-corrected chi connectivity index (χ0v) is 11.0. The van der Waals surface area contributed by atoms with Crippen molar-refractivity contribution in [3.8, 4) is 5.88 Å². The lowest BCUT2D eigenvalue weighted by Gasteiger charge is -2.35. The van der Waals surface area contributed by atoms with Crippen LogP contribution in [0.3, 0.4) is 0 Å². The maximum Gasteiger partial charge on any atom is 0.258 e. The first-order chi connectivity index (χ1) is 9.26. The Labute approximate surface area is 111 Å². The van der Waals surface area contributed by atoms with Crippen molar-refractivity contribution in [3.63, 3.8) is 0 Å². The molecule has 1 saturated carbocycles. The second-order valence-corrected chi connectivity index (χ2v) is 5.18. The van der Waals surface area contributed by atoms with E-state index in [1.165, 1.54) is 0 Å². The molecule has 1 heterocycles. The van der Waals surface area contributed by atoms with Crippen molar-refractivity contribution in [3.05, 3.63) is 40.7 Å². The zero-order chi connectivity index (χ0) is 13.2. The van der Waals surface area contributed by atoms with E-state index in [0.717, 1.165) is 24.8 Å². The van der Waals surface area contributed by atoms with Crippen LogP contribution in [0.1, 0.15) is 12.8 Å². The molecule has 100 valence electrons. The van der Waals surface area contributed by atoms with E-state index in [1.807, 2.05) is 37.4 Å². The van der Waals surface area contributed by atoms with Crippen LogP contribution in [-0.2, 0) is 0 Å². The Bertz CT molecular complexity index is 629. The van der Waals surface area contributed by atoms with Gasteiger partial charge in [-0.05, 0) is 43.8 Å². The van der Waals surface area contributed by atoms with Crippen molar-refractivity contribution < 1.29 is 4.74 Å². The van der Waals surface area contributed by atoms with E-state index >= 15 is 0 Å². The second-order valence-electron chi connectivity index (χ2n) is 5.18. The third-order valence-corrected chi connectivity index (χ3v) is 3.71. The van der Waals surface area contributed by atoms with Crippen molar-refractivity contribution in [2.24, 2.45) is 5.92 Å². The van der Waals surface area contributed by atoms with Crippen LogP contribution in [0.4, 0.5) is 0 Å². The van der Waals surface area contributed by atoms with E-state index in [0.29, 0.717) is 17.2 Å². The van der Waals surface area contributed by atoms with Crippen LogP contribution in [0.25, 0.3) is 10.8 Å². The van der Waals surface area contributed by atoms with Gasteiger partial charge >= 0.3 is 0 Å². The number of pyridine rings is 1. The number of H-pyrrole nitrogens is 1. The Morgan fingerprint density at radius 1 is 1.37 bits per heavy atom. The van der Waals surface area contributed by atoms with Gasteiger partial charge < -0.3 is 10.1 Å². The van der Waals surface area contributed by atoms with Crippen molar-refractivity contribution >= 4 is 10.8 Å². The molecule has 0 saturated heterocycles. The first-order valence-corrected chi connectivity index (χ1v) is 6.69. The molecule has 0 unspecified atom stereocenters. The molecular formula is C15H18N2O2. The predicted molar refractivity (Wildman–Crippen MR) is 75.6 cm³/mol. The van der Waals surface area contributed by atoms with Gasteiger partial charge in [0.05, 0.1) is 0 Å². The van der Waals surface area contributed by atoms with E-state index in [9.17, 15) is 4.79 Å². The molecule has 19 heavy (non-hydrogen) atoms. The van der Waals surface area contributed by atoms with E-state index < -0.39 is 0 Å². The normalized spacial score (nSPS) is 22.2. The molecule has 4 heteroatoms. The largest absolute Gasteiger partial charge is 0.476 e. The average molecular weight is 258 g/mol. The van der Waals surface area contributed by atoms with Crippen LogP contribution in [0, 0.1) is 5.92 Å². The summed E-state index contributed by atoms with van der Waals surface area (Å²) in [4.78, 5) is 14.7. The van der Waals surface area contributed by atoms with Crippen molar-refractivity contribution in [2.45, 2.75) is 18.9 Å². The van der Waals surface area contributed by atoms with Crippen LogP contribution < -0.4 is 15.6 Å². The molecule has 1 aliphatic carbocycles. The summed E-state index contributed by atoms with van der Waals surface area (Å²) in [6.45, 7) is 1.04. The lowest BCUT2D eigenvalue weighted by molar-refractivity contribution is 0.0617. The molecule has 0 bridgehead atoms. The first-order valence-electron chi connectivity index (χ1n) is 6.69. The van der Waals surface area contributed by atoms with Crippen molar-refractivity contribution in [1.29, 1.82) is 0 Å². The standard InChI is InChI=1S/C15H18N2O2/c1-16-9-10-6-12(7-10)19-14-8-11-4-2-3-5-13(11)15(18)17-14/h2-5,8,10,12,16H,6-7,9H2,1H3,(H,17,18). The number of ether oxygens (including phenoxy) is 1. The van der Waals surface area contributed by atoms with Gasteiger partial charge in [0.25, 0.3) is 5.56 Å². The van der Waals surface area contributed by atoms with Gasteiger partial charge in [-0.2, -0.15) is 0 Å². The summed E-state index contributed by atoms with van der Waals surface area (Å²) in [6, 6.07) is 9.46. The number of fused-ring (bicyclic) bond motifs is 1. The predicted octanol–water partition coefficient (Wildman–Crippen LogP) is 1.90. The molecule has 1 fully saturated rings. The van der Waals surface area contributed by atoms with Gasteiger partial charge in [-0.1, -0.05) is 18.2 Å². The lowest BCUT2D eigenvalue weighted by atomic mass is 9.82. The van der Waals surface area contributed by atoms with E-state index in [1.54, 1.807) is 0 Å². The molecule has 2 aromatic rings. The number of benzene rings is 1. The molecule has 3 rings (SSSR count). The Morgan fingerprint density at radius 3 is 2.95 bits per heavy atom. The molecule has 1 aromatic carbocycles. The molecule has 1 aliphatic rings. The first kappa shape index (κ1) is 12.2. The molecule has 4 nitrogen and oxygen atoms in total. The molecular weight excluding hydrogens is 240 g/mol. The maximum absolute atomic E-state index is 11.9. The Morgan fingerprint density at radius 2 is 2.16 bits per heavy atom. The highest BCUT2D eigenvalue weighted by atomic mass is 16.5. The quantitative estimate of drug-likeness (QED) is 0.880. The topological polar surface area (TPSA) is 54.1 Å². The highest BCUT2D eigenvalue weighted by Gasteiger charge is 2.30. The SMILES string of the molecule is CNCC1CC(Oc2cc3ccccc3c(=O)[nH]2)C1. The summed E-state index contributed by atoms with van der Waals surface area (Å²) in [6.07, 6.45) is 2.33. The number of aromatic amines is 1. The smallest absolute Gasteiger partial charge is 0.258 e. The molecule has 0 spiro atoms. The second kappa shape index (κ2) is 5.05. The fourth-order valence-corrected chi connectivity index (χ4v) is 2.66. The minimum atomic E-state index is -0.0841. The van der Waals surface area contributed by atoms with Crippen molar-refractivity contribution in [1.82, 2.24) is 10.3 Å². The number of aromatic nitrogens is 1. The van der Waals surface area contributed by atoms with E-state index in [-0.39, 0.29) is 11.7 Å².